The molecule has 0 bridgehead atoms. The Morgan fingerprint density at radius 3 is 3.06 bits per heavy atom. The second-order valence-electron chi connectivity index (χ2n) is 3.83. The summed E-state index contributed by atoms with van der Waals surface area (Å²) in [5, 5.41) is 0. The van der Waals surface area contributed by atoms with Crippen molar-refractivity contribution >= 4 is 5.91 Å². The maximum absolute atomic E-state index is 11.3. The van der Waals surface area contributed by atoms with Crippen molar-refractivity contribution < 1.29 is 9.53 Å². The Hall–Kier alpha value is -1.65. The van der Waals surface area contributed by atoms with Crippen LogP contribution in [0.5, 0.6) is 5.88 Å². The normalized spacial score (nSPS) is 15.6. The first kappa shape index (κ1) is 10.9. The van der Waals surface area contributed by atoms with Gasteiger partial charge in [0.15, 0.2) is 0 Å². The van der Waals surface area contributed by atoms with Crippen LogP contribution in [0.15, 0.2) is 12.4 Å². The summed E-state index contributed by atoms with van der Waals surface area (Å²) in [6, 6.07) is 1.78. The van der Waals surface area contributed by atoms with Gasteiger partial charge in [-0.1, -0.05) is 0 Å². The molecule has 5 heteroatoms. The first-order valence-corrected chi connectivity index (χ1v) is 5.45. The lowest BCUT2D eigenvalue weighted by atomic mass is 10.4. The van der Waals surface area contributed by atoms with Gasteiger partial charge < -0.3 is 9.64 Å². The van der Waals surface area contributed by atoms with E-state index in [-0.39, 0.29) is 5.91 Å². The van der Waals surface area contributed by atoms with Gasteiger partial charge in [0.25, 0.3) is 0 Å². The lowest BCUT2D eigenvalue weighted by molar-refractivity contribution is -0.128. The molecule has 1 aromatic rings. The molecule has 1 saturated heterocycles. The Morgan fingerprint density at radius 1 is 1.50 bits per heavy atom. The predicted octanol–water partition coefficient (Wildman–Crippen LogP) is 0.786. The second kappa shape index (κ2) is 4.92. The van der Waals surface area contributed by atoms with Crippen LogP contribution >= 0.6 is 0 Å². The van der Waals surface area contributed by atoms with Gasteiger partial charge in [-0.25, -0.2) is 9.97 Å². The van der Waals surface area contributed by atoms with Crippen molar-refractivity contribution in [1.82, 2.24) is 14.9 Å². The number of hydrogen-bond acceptors (Lipinski definition) is 4. The highest BCUT2D eigenvalue weighted by atomic mass is 16.5. The summed E-state index contributed by atoms with van der Waals surface area (Å²) in [4.78, 5) is 21.1. The number of aromatic nitrogens is 2. The molecule has 0 saturated carbocycles. The largest absolute Gasteiger partial charge is 0.476 e. The number of ether oxygens (including phenoxy) is 1. The summed E-state index contributed by atoms with van der Waals surface area (Å²) < 4.78 is 5.45. The molecular formula is C11H15N3O2. The summed E-state index contributed by atoms with van der Waals surface area (Å²) >= 11 is 0. The monoisotopic (exact) mass is 221 g/mol. The van der Waals surface area contributed by atoms with E-state index in [0.29, 0.717) is 25.5 Å². The SMILES string of the molecule is Cc1cc(OCCN2CCCC2=O)ncn1. The molecule has 16 heavy (non-hydrogen) atoms. The number of aryl methyl sites for hydroxylation is 1. The van der Waals surface area contributed by atoms with E-state index in [0.717, 1.165) is 18.7 Å². The minimum atomic E-state index is 0.225. The second-order valence-corrected chi connectivity index (χ2v) is 3.83. The third kappa shape index (κ3) is 2.68. The summed E-state index contributed by atoms with van der Waals surface area (Å²) in [6.07, 6.45) is 3.11. The van der Waals surface area contributed by atoms with Gasteiger partial charge >= 0.3 is 0 Å². The number of hydrogen-bond donors (Lipinski definition) is 0. The van der Waals surface area contributed by atoms with Gasteiger partial charge in [-0.05, 0) is 13.3 Å². The Kier molecular flexibility index (Phi) is 3.34. The molecule has 1 aromatic heterocycles. The van der Waals surface area contributed by atoms with E-state index >= 15 is 0 Å². The molecule has 1 amide bonds. The van der Waals surface area contributed by atoms with Gasteiger partial charge in [0.1, 0.15) is 12.9 Å². The highest BCUT2D eigenvalue weighted by Crippen LogP contribution is 2.10. The molecule has 0 aliphatic carbocycles. The summed E-state index contributed by atoms with van der Waals surface area (Å²) in [6.45, 7) is 3.87. The van der Waals surface area contributed by atoms with Gasteiger partial charge in [0.05, 0.1) is 6.54 Å². The third-order valence-electron chi connectivity index (χ3n) is 2.56. The van der Waals surface area contributed by atoms with E-state index in [1.807, 2.05) is 11.8 Å². The lowest BCUT2D eigenvalue weighted by Gasteiger charge is -2.15. The number of amides is 1. The Labute approximate surface area is 94.5 Å². The number of nitrogens with zero attached hydrogens (tertiary/aromatic N) is 3. The van der Waals surface area contributed by atoms with Gasteiger partial charge in [0, 0.05) is 24.7 Å². The van der Waals surface area contributed by atoms with Crippen LogP contribution < -0.4 is 4.74 Å². The van der Waals surface area contributed by atoms with E-state index in [2.05, 4.69) is 9.97 Å². The summed E-state index contributed by atoms with van der Waals surface area (Å²) in [7, 11) is 0. The topological polar surface area (TPSA) is 55.3 Å². The fourth-order valence-electron chi connectivity index (χ4n) is 1.71. The van der Waals surface area contributed by atoms with Crippen LogP contribution in [0.3, 0.4) is 0 Å². The minimum absolute atomic E-state index is 0.225. The molecule has 0 aromatic carbocycles. The fraction of sp³-hybridized carbons (Fsp3) is 0.545. The van der Waals surface area contributed by atoms with Crippen molar-refractivity contribution in [3.63, 3.8) is 0 Å². The number of likely N-dealkylation sites (tertiary alicyclic amines) is 1. The maximum Gasteiger partial charge on any atom is 0.222 e. The molecule has 0 radical (unpaired) electrons. The smallest absolute Gasteiger partial charge is 0.222 e. The summed E-state index contributed by atoms with van der Waals surface area (Å²) in [5.74, 6) is 0.793. The van der Waals surface area contributed by atoms with Crippen molar-refractivity contribution in [1.29, 1.82) is 0 Å². The molecule has 1 aliphatic rings. The molecule has 1 fully saturated rings. The van der Waals surface area contributed by atoms with Crippen LogP contribution in [-0.4, -0.2) is 40.5 Å². The first-order chi connectivity index (χ1) is 7.75. The van der Waals surface area contributed by atoms with E-state index in [1.165, 1.54) is 6.33 Å². The molecule has 0 unspecified atom stereocenters. The average Bonchev–Trinajstić information content (AvgIpc) is 2.65. The van der Waals surface area contributed by atoms with Crippen LogP contribution in [0, 0.1) is 6.92 Å². The van der Waals surface area contributed by atoms with Crippen molar-refractivity contribution in [2.24, 2.45) is 0 Å². The van der Waals surface area contributed by atoms with Crippen LogP contribution in [0.2, 0.25) is 0 Å². The molecule has 1 aliphatic heterocycles. The highest BCUT2D eigenvalue weighted by Gasteiger charge is 2.19. The van der Waals surface area contributed by atoms with Crippen LogP contribution in [0.25, 0.3) is 0 Å². The zero-order valence-corrected chi connectivity index (χ0v) is 9.35. The van der Waals surface area contributed by atoms with Crippen molar-refractivity contribution in [3.05, 3.63) is 18.1 Å². The number of carbonyl (C=O) groups excluding carboxylic acids is 1. The third-order valence-corrected chi connectivity index (χ3v) is 2.56. The molecule has 0 atom stereocenters. The van der Waals surface area contributed by atoms with Gasteiger partial charge in [-0.3, -0.25) is 4.79 Å². The molecule has 86 valence electrons. The average molecular weight is 221 g/mol. The molecule has 2 heterocycles. The lowest BCUT2D eigenvalue weighted by Crippen LogP contribution is -2.29. The Bertz CT molecular complexity index is 381. The van der Waals surface area contributed by atoms with Gasteiger partial charge in [-0.2, -0.15) is 0 Å². The Balaban J connectivity index is 1.77. The zero-order valence-electron chi connectivity index (χ0n) is 9.35. The number of rotatable bonds is 4. The number of carbonyl (C=O) groups is 1. The van der Waals surface area contributed by atoms with E-state index in [9.17, 15) is 4.79 Å². The van der Waals surface area contributed by atoms with Crippen molar-refractivity contribution in [3.8, 4) is 5.88 Å². The summed E-state index contributed by atoms with van der Waals surface area (Å²) in [5.41, 5.74) is 0.877. The predicted molar refractivity (Wildman–Crippen MR) is 58.1 cm³/mol. The maximum atomic E-state index is 11.3. The van der Waals surface area contributed by atoms with Crippen LogP contribution in [-0.2, 0) is 4.79 Å². The van der Waals surface area contributed by atoms with E-state index < -0.39 is 0 Å². The van der Waals surface area contributed by atoms with Crippen LogP contribution in [0.4, 0.5) is 0 Å². The van der Waals surface area contributed by atoms with Crippen LogP contribution in [0.1, 0.15) is 18.5 Å². The fourth-order valence-corrected chi connectivity index (χ4v) is 1.71. The molecule has 0 N–H and O–H groups in total. The van der Waals surface area contributed by atoms with Gasteiger partial charge in [-0.15, -0.1) is 0 Å². The minimum Gasteiger partial charge on any atom is -0.476 e. The van der Waals surface area contributed by atoms with E-state index in [4.69, 9.17) is 4.74 Å². The first-order valence-electron chi connectivity index (χ1n) is 5.45. The van der Waals surface area contributed by atoms with Crippen molar-refractivity contribution in [2.75, 3.05) is 19.7 Å². The molecule has 5 nitrogen and oxygen atoms in total. The quantitative estimate of drug-likeness (QED) is 0.754. The molecule has 2 rings (SSSR count). The van der Waals surface area contributed by atoms with Gasteiger partial charge in [0.2, 0.25) is 11.8 Å². The van der Waals surface area contributed by atoms with E-state index in [1.54, 1.807) is 6.07 Å². The molecule has 0 spiro atoms. The standard InChI is InChI=1S/C11H15N3O2/c1-9-7-10(13-8-12-9)16-6-5-14-4-2-3-11(14)15/h7-8H,2-6H2,1H3. The Morgan fingerprint density at radius 2 is 2.38 bits per heavy atom. The zero-order chi connectivity index (χ0) is 11.4. The highest BCUT2D eigenvalue weighted by molar-refractivity contribution is 5.78. The molecular weight excluding hydrogens is 206 g/mol. The van der Waals surface area contributed by atoms with Crippen molar-refractivity contribution in [2.45, 2.75) is 19.8 Å².